The Labute approximate surface area is 123 Å². The van der Waals surface area contributed by atoms with E-state index in [1.165, 1.54) is 0 Å². The van der Waals surface area contributed by atoms with Crippen LogP contribution < -0.4 is 0 Å². The van der Waals surface area contributed by atoms with E-state index in [1.807, 2.05) is 60.4 Å². The molecule has 4 nitrogen and oxygen atoms in total. The summed E-state index contributed by atoms with van der Waals surface area (Å²) in [5.41, 5.74) is 3.41. The molecule has 0 fully saturated rings. The first kappa shape index (κ1) is 13.4. The summed E-state index contributed by atoms with van der Waals surface area (Å²) in [6.45, 7) is 3.26. The number of pyridine rings is 1. The molecule has 0 radical (unpaired) electrons. The minimum atomic E-state index is -0.000599. The van der Waals surface area contributed by atoms with Crippen molar-refractivity contribution in [3.8, 4) is 0 Å². The molecule has 2 aromatic heterocycles. The van der Waals surface area contributed by atoms with E-state index in [-0.39, 0.29) is 5.91 Å². The maximum Gasteiger partial charge on any atom is 0.270 e. The SMILES string of the molecule is CCN(Cc1ccccc1)C(=O)c1cc2ncccc2[nH]1. The molecule has 0 saturated heterocycles. The van der Waals surface area contributed by atoms with E-state index in [0.717, 1.165) is 16.6 Å². The number of amides is 1. The molecule has 21 heavy (non-hydrogen) atoms. The maximum atomic E-state index is 12.6. The van der Waals surface area contributed by atoms with E-state index >= 15 is 0 Å². The van der Waals surface area contributed by atoms with Crippen LogP contribution in [0.1, 0.15) is 23.0 Å². The first-order chi connectivity index (χ1) is 10.3. The van der Waals surface area contributed by atoms with Crippen LogP contribution >= 0.6 is 0 Å². The zero-order valence-corrected chi connectivity index (χ0v) is 11.9. The van der Waals surface area contributed by atoms with E-state index in [4.69, 9.17) is 0 Å². The molecule has 0 atom stereocenters. The normalized spacial score (nSPS) is 10.7. The average Bonchev–Trinajstić information content (AvgIpc) is 2.97. The Morgan fingerprint density at radius 1 is 1.19 bits per heavy atom. The van der Waals surface area contributed by atoms with Gasteiger partial charge in [-0.25, -0.2) is 0 Å². The van der Waals surface area contributed by atoms with Gasteiger partial charge in [0, 0.05) is 19.3 Å². The lowest BCUT2D eigenvalue weighted by Crippen LogP contribution is -2.30. The van der Waals surface area contributed by atoms with Gasteiger partial charge < -0.3 is 9.88 Å². The van der Waals surface area contributed by atoms with Crippen molar-refractivity contribution in [1.29, 1.82) is 0 Å². The number of H-pyrrole nitrogens is 1. The van der Waals surface area contributed by atoms with E-state index in [0.29, 0.717) is 18.8 Å². The number of carbonyl (C=O) groups is 1. The van der Waals surface area contributed by atoms with Gasteiger partial charge in [-0.05, 0) is 30.7 Å². The van der Waals surface area contributed by atoms with E-state index in [2.05, 4.69) is 9.97 Å². The maximum absolute atomic E-state index is 12.6. The first-order valence-corrected chi connectivity index (χ1v) is 7.05. The molecule has 1 amide bonds. The third kappa shape index (κ3) is 2.79. The summed E-state index contributed by atoms with van der Waals surface area (Å²) in [5, 5.41) is 0. The van der Waals surface area contributed by atoms with Crippen molar-refractivity contribution in [2.45, 2.75) is 13.5 Å². The van der Waals surface area contributed by atoms with Crippen molar-refractivity contribution in [1.82, 2.24) is 14.9 Å². The van der Waals surface area contributed by atoms with E-state index < -0.39 is 0 Å². The molecule has 0 aliphatic heterocycles. The Morgan fingerprint density at radius 2 is 2.00 bits per heavy atom. The Hall–Kier alpha value is -2.62. The summed E-state index contributed by atoms with van der Waals surface area (Å²) in [5.74, 6) is -0.000599. The van der Waals surface area contributed by atoms with Crippen LogP contribution in [0.15, 0.2) is 54.7 Å². The van der Waals surface area contributed by atoms with Crippen molar-refractivity contribution in [2.75, 3.05) is 6.54 Å². The third-order valence-corrected chi connectivity index (χ3v) is 3.50. The van der Waals surface area contributed by atoms with Crippen molar-refractivity contribution >= 4 is 16.9 Å². The largest absolute Gasteiger partial charge is 0.349 e. The van der Waals surface area contributed by atoms with Gasteiger partial charge in [0.2, 0.25) is 0 Å². The van der Waals surface area contributed by atoms with Crippen molar-refractivity contribution in [3.63, 3.8) is 0 Å². The summed E-state index contributed by atoms with van der Waals surface area (Å²) in [6.07, 6.45) is 1.73. The Bertz CT molecular complexity index is 716. The summed E-state index contributed by atoms with van der Waals surface area (Å²) in [6, 6.07) is 15.6. The fraction of sp³-hybridized carbons (Fsp3) is 0.176. The fourth-order valence-corrected chi connectivity index (χ4v) is 2.37. The van der Waals surface area contributed by atoms with Gasteiger partial charge in [0.15, 0.2) is 0 Å². The molecule has 0 unspecified atom stereocenters. The van der Waals surface area contributed by atoms with Crippen LogP contribution in [-0.4, -0.2) is 27.3 Å². The molecule has 0 bridgehead atoms. The molecule has 2 heterocycles. The van der Waals surface area contributed by atoms with E-state index in [9.17, 15) is 4.79 Å². The van der Waals surface area contributed by atoms with Gasteiger partial charge in [0.05, 0.1) is 11.0 Å². The molecular formula is C17H17N3O. The van der Waals surface area contributed by atoms with Crippen LogP contribution in [-0.2, 0) is 6.54 Å². The summed E-state index contributed by atoms with van der Waals surface area (Å²) < 4.78 is 0. The van der Waals surface area contributed by atoms with Gasteiger partial charge in [0.1, 0.15) is 5.69 Å². The number of aromatic amines is 1. The highest BCUT2D eigenvalue weighted by Gasteiger charge is 2.16. The lowest BCUT2D eigenvalue weighted by Gasteiger charge is -2.20. The van der Waals surface area contributed by atoms with Gasteiger partial charge in [-0.1, -0.05) is 30.3 Å². The molecule has 106 valence electrons. The molecule has 0 saturated carbocycles. The second kappa shape index (κ2) is 5.79. The molecule has 0 aliphatic rings. The molecule has 1 aromatic carbocycles. The second-order valence-corrected chi connectivity index (χ2v) is 4.92. The number of rotatable bonds is 4. The number of fused-ring (bicyclic) bond motifs is 1. The van der Waals surface area contributed by atoms with Crippen molar-refractivity contribution < 1.29 is 4.79 Å². The zero-order valence-electron chi connectivity index (χ0n) is 11.9. The predicted octanol–water partition coefficient (Wildman–Crippen LogP) is 3.23. The minimum absolute atomic E-state index is 0.000599. The van der Waals surface area contributed by atoms with Gasteiger partial charge in [-0.2, -0.15) is 0 Å². The molecule has 0 aliphatic carbocycles. The summed E-state index contributed by atoms with van der Waals surface area (Å²) in [4.78, 5) is 21.8. The standard InChI is InChI=1S/C17H17N3O/c1-2-20(12-13-7-4-3-5-8-13)17(21)16-11-15-14(19-16)9-6-10-18-15/h3-11,19H,2,12H2,1H3. The molecule has 3 rings (SSSR count). The molecule has 4 heteroatoms. The van der Waals surface area contributed by atoms with Gasteiger partial charge in [0.25, 0.3) is 5.91 Å². The van der Waals surface area contributed by atoms with Crippen molar-refractivity contribution in [2.24, 2.45) is 0 Å². The number of hydrogen-bond acceptors (Lipinski definition) is 2. The highest BCUT2D eigenvalue weighted by atomic mass is 16.2. The quantitative estimate of drug-likeness (QED) is 0.797. The zero-order chi connectivity index (χ0) is 14.7. The van der Waals surface area contributed by atoms with E-state index in [1.54, 1.807) is 6.20 Å². The summed E-state index contributed by atoms with van der Waals surface area (Å²) >= 11 is 0. The lowest BCUT2D eigenvalue weighted by molar-refractivity contribution is 0.0747. The first-order valence-electron chi connectivity index (χ1n) is 7.05. The monoisotopic (exact) mass is 279 g/mol. The van der Waals surface area contributed by atoms with Gasteiger partial charge in [-0.3, -0.25) is 9.78 Å². The number of nitrogens with zero attached hydrogens (tertiary/aromatic N) is 2. The highest BCUT2D eigenvalue weighted by Crippen LogP contribution is 2.15. The van der Waals surface area contributed by atoms with Crippen LogP contribution in [0.2, 0.25) is 0 Å². The molecular weight excluding hydrogens is 262 g/mol. The van der Waals surface area contributed by atoms with Crippen LogP contribution in [0.25, 0.3) is 11.0 Å². The Kier molecular flexibility index (Phi) is 3.69. The third-order valence-electron chi connectivity index (χ3n) is 3.50. The minimum Gasteiger partial charge on any atom is -0.349 e. The van der Waals surface area contributed by atoms with Crippen LogP contribution in [0.5, 0.6) is 0 Å². The average molecular weight is 279 g/mol. The second-order valence-electron chi connectivity index (χ2n) is 4.92. The van der Waals surface area contributed by atoms with Gasteiger partial charge >= 0.3 is 0 Å². The number of carbonyl (C=O) groups excluding carboxylic acids is 1. The smallest absolute Gasteiger partial charge is 0.270 e. The summed E-state index contributed by atoms with van der Waals surface area (Å²) in [7, 11) is 0. The fourth-order valence-electron chi connectivity index (χ4n) is 2.37. The number of aromatic nitrogens is 2. The number of hydrogen-bond donors (Lipinski definition) is 1. The van der Waals surface area contributed by atoms with Crippen LogP contribution in [0.4, 0.5) is 0 Å². The van der Waals surface area contributed by atoms with Crippen LogP contribution in [0, 0.1) is 0 Å². The van der Waals surface area contributed by atoms with Crippen molar-refractivity contribution in [3.05, 3.63) is 66.0 Å². The lowest BCUT2D eigenvalue weighted by atomic mass is 10.2. The molecule has 0 spiro atoms. The molecule has 3 aromatic rings. The highest BCUT2D eigenvalue weighted by molar-refractivity contribution is 5.97. The Balaban J connectivity index is 1.84. The van der Waals surface area contributed by atoms with Gasteiger partial charge in [-0.15, -0.1) is 0 Å². The van der Waals surface area contributed by atoms with Crippen LogP contribution in [0.3, 0.4) is 0 Å². The molecule has 1 N–H and O–H groups in total. The Morgan fingerprint density at radius 3 is 2.71 bits per heavy atom. The number of nitrogens with one attached hydrogen (secondary N) is 1. The predicted molar refractivity (Wildman–Crippen MR) is 83.0 cm³/mol. The topological polar surface area (TPSA) is 49.0 Å². The number of benzene rings is 1.